The molecule has 1 saturated carbocycles. The van der Waals surface area contributed by atoms with Gasteiger partial charge in [0.15, 0.2) is 5.82 Å². The van der Waals surface area contributed by atoms with Crippen molar-refractivity contribution >= 4 is 17.2 Å². The van der Waals surface area contributed by atoms with Crippen LogP contribution < -0.4 is 10.1 Å². The molecule has 1 aliphatic heterocycles. The number of benzene rings is 2. The molecular formula is C34H33N5O2. The number of pyridine rings is 2. The first-order chi connectivity index (χ1) is 20.0. The third-order valence-corrected chi connectivity index (χ3v) is 8.27. The number of hydrogen-bond donors (Lipinski definition) is 1. The Morgan fingerprint density at radius 2 is 1.68 bits per heavy atom. The zero-order chi connectivity index (χ0) is 27.9. The topological polar surface area (TPSA) is 71.8 Å². The first-order valence-corrected chi connectivity index (χ1v) is 14.3. The molecule has 2 fully saturated rings. The fourth-order valence-corrected chi connectivity index (χ4v) is 5.75. The van der Waals surface area contributed by atoms with Crippen LogP contribution in [0.15, 0.2) is 97.3 Å². The van der Waals surface area contributed by atoms with Crippen LogP contribution in [0.5, 0.6) is 5.75 Å². The summed E-state index contributed by atoms with van der Waals surface area (Å²) in [4.78, 5) is 19.3. The number of likely N-dealkylation sites (tertiary alicyclic amines) is 1. The zero-order valence-electron chi connectivity index (χ0n) is 23.3. The van der Waals surface area contributed by atoms with E-state index in [0.29, 0.717) is 5.82 Å². The summed E-state index contributed by atoms with van der Waals surface area (Å²) in [6, 6.07) is 29.9. The number of rotatable bonds is 8. The molecule has 7 nitrogen and oxygen atoms in total. The largest absolute Gasteiger partial charge is 0.485 e. The van der Waals surface area contributed by atoms with Gasteiger partial charge >= 0.3 is 0 Å². The van der Waals surface area contributed by atoms with Gasteiger partial charge in [0.1, 0.15) is 11.9 Å². The van der Waals surface area contributed by atoms with Crippen molar-refractivity contribution in [2.45, 2.75) is 44.9 Å². The fourth-order valence-electron chi connectivity index (χ4n) is 5.75. The molecule has 4 heterocycles. The lowest BCUT2D eigenvalue weighted by atomic mass is 9.89. The molecule has 7 rings (SSSR count). The Kier molecular flexibility index (Phi) is 6.51. The minimum absolute atomic E-state index is 0.0381. The predicted molar refractivity (Wildman–Crippen MR) is 160 cm³/mol. The summed E-state index contributed by atoms with van der Waals surface area (Å²) in [5, 5.41) is 7.47. The number of nitrogens with one attached hydrogen (secondary N) is 1. The summed E-state index contributed by atoms with van der Waals surface area (Å²) < 4.78 is 8.47. The van der Waals surface area contributed by atoms with Crippen LogP contribution in [0.2, 0.25) is 0 Å². The van der Waals surface area contributed by atoms with Crippen LogP contribution in [0.3, 0.4) is 0 Å². The molecule has 1 amide bonds. The third-order valence-electron chi connectivity index (χ3n) is 8.27. The van der Waals surface area contributed by atoms with Gasteiger partial charge in [-0.05, 0) is 61.6 Å². The van der Waals surface area contributed by atoms with E-state index < -0.39 is 0 Å². The van der Waals surface area contributed by atoms with Crippen LogP contribution in [0, 0.1) is 12.8 Å². The Morgan fingerprint density at radius 1 is 0.976 bits per heavy atom. The Balaban J connectivity index is 1.13. The number of carbonyl (C=O) groups excluding carboxylic acids is 1. The molecule has 206 valence electrons. The number of amides is 1. The highest BCUT2D eigenvalue weighted by Gasteiger charge is 2.42. The van der Waals surface area contributed by atoms with Crippen molar-refractivity contribution in [2.24, 2.45) is 5.92 Å². The van der Waals surface area contributed by atoms with Gasteiger partial charge < -0.3 is 10.1 Å². The van der Waals surface area contributed by atoms with Gasteiger partial charge in [0.25, 0.3) is 0 Å². The maximum atomic E-state index is 12.2. The van der Waals surface area contributed by atoms with Crippen molar-refractivity contribution in [2.75, 3.05) is 11.9 Å². The van der Waals surface area contributed by atoms with Gasteiger partial charge in [-0.15, -0.1) is 0 Å². The number of fused-ring (bicyclic) bond motifs is 1. The quantitative estimate of drug-likeness (QED) is 0.249. The summed E-state index contributed by atoms with van der Waals surface area (Å²) in [5.74, 6) is 1.54. The fraction of sp³-hybridized carbons (Fsp3) is 0.265. The van der Waals surface area contributed by atoms with E-state index in [2.05, 4.69) is 100 Å². The van der Waals surface area contributed by atoms with Crippen molar-refractivity contribution in [3.63, 3.8) is 0 Å². The lowest BCUT2D eigenvalue weighted by Gasteiger charge is -2.50. The minimum Gasteiger partial charge on any atom is -0.485 e. The van der Waals surface area contributed by atoms with E-state index in [-0.39, 0.29) is 30.0 Å². The molecule has 0 bridgehead atoms. The summed E-state index contributed by atoms with van der Waals surface area (Å²) >= 11 is 0. The minimum atomic E-state index is 0.0381. The number of anilines is 1. The first-order valence-electron chi connectivity index (χ1n) is 14.3. The van der Waals surface area contributed by atoms with E-state index in [1.807, 2.05) is 31.5 Å². The average molecular weight is 544 g/mol. The highest BCUT2D eigenvalue weighted by atomic mass is 16.5. The first kappa shape index (κ1) is 25.5. The van der Waals surface area contributed by atoms with Crippen molar-refractivity contribution in [3.05, 3.63) is 114 Å². The summed E-state index contributed by atoms with van der Waals surface area (Å²) in [6.45, 7) is 5.05. The smallest absolute Gasteiger partial charge is 0.228 e. The maximum absolute atomic E-state index is 12.2. The molecule has 1 aliphatic carbocycles. The maximum Gasteiger partial charge on any atom is 0.228 e. The van der Waals surface area contributed by atoms with Crippen molar-refractivity contribution in [3.8, 4) is 16.9 Å². The average Bonchev–Trinajstić information content (AvgIpc) is 3.78. The van der Waals surface area contributed by atoms with Gasteiger partial charge in [-0.2, -0.15) is 5.10 Å². The molecule has 2 aliphatic rings. The second kappa shape index (κ2) is 10.5. The molecule has 7 heteroatoms. The van der Waals surface area contributed by atoms with Crippen molar-refractivity contribution in [1.29, 1.82) is 0 Å². The Labute approximate surface area is 239 Å². The number of aryl methyl sites for hydroxylation is 1. The molecule has 0 unspecified atom stereocenters. The van der Waals surface area contributed by atoms with E-state index >= 15 is 0 Å². The summed E-state index contributed by atoms with van der Waals surface area (Å²) in [7, 11) is 0. The Bertz CT molecular complexity index is 1660. The van der Waals surface area contributed by atoms with Crippen LogP contribution in [-0.2, 0) is 4.79 Å². The third kappa shape index (κ3) is 5.09. The number of nitrogens with zero attached hydrogens (tertiary/aromatic N) is 4. The standard InChI is InChI=1S/C34H33N5O2/c1-22-17-29(27-15-16-39-28(18-27)19-32(37-39)36-34(40)26-13-14-26)30(20-35-22)41-31-21-38(23(31)2)33(24-9-5-3-6-10-24)25-11-7-4-8-12-25/h3-12,15-20,23,26,31,33H,13-14,21H2,1-2H3,(H,36,37,40)/t23-,31-/m1/s1. The molecule has 2 atom stereocenters. The molecule has 0 radical (unpaired) electrons. The normalized spacial score (nSPS) is 18.8. The molecule has 1 saturated heterocycles. The molecular weight excluding hydrogens is 510 g/mol. The zero-order valence-corrected chi connectivity index (χ0v) is 23.3. The van der Waals surface area contributed by atoms with Crippen LogP contribution in [0.1, 0.15) is 42.6 Å². The lowest BCUT2D eigenvalue weighted by Crippen LogP contribution is -2.62. The number of carbonyl (C=O) groups is 1. The Morgan fingerprint density at radius 3 is 2.34 bits per heavy atom. The van der Waals surface area contributed by atoms with Gasteiger partial charge in [-0.3, -0.25) is 14.7 Å². The molecule has 3 aromatic heterocycles. The van der Waals surface area contributed by atoms with Crippen LogP contribution in [0.4, 0.5) is 5.82 Å². The number of ether oxygens (including phenoxy) is 1. The predicted octanol–water partition coefficient (Wildman–Crippen LogP) is 6.29. The second-order valence-corrected chi connectivity index (χ2v) is 11.2. The molecule has 41 heavy (non-hydrogen) atoms. The second-order valence-electron chi connectivity index (χ2n) is 11.2. The summed E-state index contributed by atoms with van der Waals surface area (Å²) in [6.07, 6.45) is 5.73. The van der Waals surface area contributed by atoms with Gasteiger partial charge in [-0.25, -0.2) is 4.52 Å². The van der Waals surface area contributed by atoms with E-state index in [9.17, 15) is 4.79 Å². The van der Waals surface area contributed by atoms with E-state index in [1.165, 1.54) is 11.1 Å². The van der Waals surface area contributed by atoms with Gasteiger partial charge in [0.2, 0.25) is 5.91 Å². The summed E-state index contributed by atoms with van der Waals surface area (Å²) in [5.41, 5.74) is 6.42. The van der Waals surface area contributed by atoms with Gasteiger partial charge in [0.05, 0.1) is 17.8 Å². The van der Waals surface area contributed by atoms with E-state index in [0.717, 1.165) is 47.5 Å². The Hall–Kier alpha value is -4.49. The molecule has 0 spiro atoms. The highest BCUT2D eigenvalue weighted by Crippen LogP contribution is 2.39. The van der Waals surface area contributed by atoms with E-state index in [1.54, 1.807) is 4.52 Å². The highest BCUT2D eigenvalue weighted by molar-refractivity contribution is 5.93. The number of hydrogen-bond acceptors (Lipinski definition) is 5. The van der Waals surface area contributed by atoms with Crippen LogP contribution in [-0.4, -0.2) is 44.1 Å². The van der Waals surface area contributed by atoms with E-state index in [4.69, 9.17) is 4.74 Å². The van der Waals surface area contributed by atoms with Crippen molar-refractivity contribution in [1.82, 2.24) is 19.5 Å². The van der Waals surface area contributed by atoms with Crippen molar-refractivity contribution < 1.29 is 9.53 Å². The molecule has 5 aromatic rings. The molecule has 1 N–H and O–H groups in total. The monoisotopic (exact) mass is 543 g/mol. The van der Waals surface area contributed by atoms with Crippen LogP contribution >= 0.6 is 0 Å². The lowest BCUT2D eigenvalue weighted by molar-refractivity contribution is -0.117. The number of aromatic nitrogens is 3. The molecule has 2 aromatic carbocycles. The van der Waals surface area contributed by atoms with Crippen LogP contribution in [0.25, 0.3) is 16.6 Å². The SMILES string of the molecule is Cc1cc(-c2ccn3nc(NC(=O)C4CC4)cc3c2)c(O[C@@H]2CN(C(c3ccccc3)c3ccccc3)[C@@H]2C)cn1. The van der Waals surface area contributed by atoms with Gasteiger partial charge in [0, 0.05) is 42.0 Å². The van der Waals surface area contributed by atoms with Gasteiger partial charge in [-0.1, -0.05) is 60.7 Å².